The van der Waals surface area contributed by atoms with Crippen LogP contribution in [0.4, 0.5) is 11.4 Å². The van der Waals surface area contributed by atoms with Crippen LogP contribution in [0.15, 0.2) is 79.9 Å². The van der Waals surface area contributed by atoms with Gasteiger partial charge in [0.05, 0.1) is 36.6 Å². The Balaban J connectivity index is 1.48. The fourth-order valence-electron chi connectivity index (χ4n) is 8.36. The van der Waals surface area contributed by atoms with Crippen LogP contribution >= 0.6 is 0 Å². The Labute approximate surface area is 307 Å². The zero-order valence-electron chi connectivity index (χ0n) is 31.1. The molecule has 11 heteroatoms. The minimum atomic E-state index is -1.29. The van der Waals surface area contributed by atoms with Crippen molar-refractivity contribution in [2.45, 2.75) is 89.3 Å². The van der Waals surface area contributed by atoms with E-state index in [9.17, 15) is 24.3 Å². The molecule has 1 spiro atoms. The smallest absolute Gasteiger partial charge is 0.313 e. The molecule has 8 atom stereocenters. The lowest BCUT2D eigenvalue weighted by atomic mass is 9.70. The summed E-state index contributed by atoms with van der Waals surface area (Å²) in [7, 11) is 1.69. The number of esters is 1. The van der Waals surface area contributed by atoms with Crippen LogP contribution in [0.1, 0.15) is 65.0 Å². The van der Waals surface area contributed by atoms with E-state index in [-0.39, 0.29) is 31.4 Å². The minimum Gasteiger partial charge on any atom is -0.455 e. The molecular formula is C41H54N4O7. The van der Waals surface area contributed by atoms with Gasteiger partial charge in [-0.25, -0.2) is 0 Å². The maximum absolute atomic E-state index is 14.9. The summed E-state index contributed by atoms with van der Waals surface area (Å²) in [6.45, 7) is 16.8. The molecule has 3 amide bonds. The van der Waals surface area contributed by atoms with E-state index in [1.807, 2.05) is 61.5 Å². The van der Waals surface area contributed by atoms with Gasteiger partial charge in [0.1, 0.15) is 17.7 Å². The highest BCUT2D eigenvalue weighted by atomic mass is 16.6. The number of fused-ring (bicyclic) bond motifs is 1. The van der Waals surface area contributed by atoms with Crippen molar-refractivity contribution in [3.05, 3.63) is 85.5 Å². The molecular weight excluding hydrogens is 660 g/mol. The number of anilines is 2. The largest absolute Gasteiger partial charge is 0.455 e. The minimum absolute atomic E-state index is 0.112. The fraction of sp³-hybridized carbons (Fsp3) is 0.512. The molecule has 2 aromatic rings. The number of nitrogens with zero attached hydrogens (tertiary/aromatic N) is 4. The molecule has 3 heterocycles. The third-order valence-electron chi connectivity index (χ3n) is 11.2. The summed E-state index contributed by atoms with van der Waals surface area (Å²) in [5, 5.41) is 10.4. The number of ether oxygens (including phenoxy) is 2. The van der Waals surface area contributed by atoms with Crippen LogP contribution in [0.5, 0.6) is 0 Å². The van der Waals surface area contributed by atoms with Gasteiger partial charge in [0.25, 0.3) is 5.91 Å². The predicted molar refractivity (Wildman–Crippen MR) is 200 cm³/mol. The molecule has 2 bridgehead atoms. The van der Waals surface area contributed by atoms with Gasteiger partial charge >= 0.3 is 5.97 Å². The number of amides is 3. The van der Waals surface area contributed by atoms with Gasteiger partial charge in [-0.3, -0.25) is 19.2 Å². The van der Waals surface area contributed by atoms with Crippen molar-refractivity contribution >= 4 is 35.1 Å². The number of hydrogen-bond acceptors (Lipinski definition) is 8. The fourth-order valence-corrected chi connectivity index (χ4v) is 8.36. The Kier molecular flexibility index (Phi) is 12.3. The molecule has 0 unspecified atom stereocenters. The third kappa shape index (κ3) is 7.00. The van der Waals surface area contributed by atoms with Crippen LogP contribution in [0.2, 0.25) is 0 Å². The van der Waals surface area contributed by atoms with Gasteiger partial charge in [-0.2, -0.15) is 0 Å². The van der Waals surface area contributed by atoms with Crippen molar-refractivity contribution in [3.63, 3.8) is 0 Å². The zero-order chi connectivity index (χ0) is 37.7. The Hall–Kier alpha value is -4.48. The summed E-state index contributed by atoms with van der Waals surface area (Å²) in [5.41, 5.74) is 1.08. The topological polar surface area (TPSA) is 120 Å². The highest BCUT2D eigenvalue weighted by Crippen LogP contribution is 2.59. The summed E-state index contributed by atoms with van der Waals surface area (Å²) in [4.78, 5) is 63.7. The number of rotatable bonds is 17. The van der Waals surface area contributed by atoms with Crippen LogP contribution in [0.25, 0.3) is 0 Å². The molecule has 0 aromatic heterocycles. The van der Waals surface area contributed by atoms with Crippen LogP contribution < -0.4 is 9.80 Å². The van der Waals surface area contributed by atoms with Gasteiger partial charge in [0, 0.05) is 44.5 Å². The van der Waals surface area contributed by atoms with Crippen molar-refractivity contribution < 1.29 is 33.8 Å². The van der Waals surface area contributed by atoms with Gasteiger partial charge in [-0.1, -0.05) is 42.5 Å². The number of carbonyl (C=O) groups is 4. The van der Waals surface area contributed by atoms with E-state index in [0.29, 0.717) is 30.5 Å². The molecule has 52 heavy (non-hydrogen) atoms. The number of allylic oxidation sites excluding steroid dienone is 1. The number of likely N-dealkylation sites (N-methyl/N-ethyl adjacent to an activating group) is 1. The van der Waals surface area contributed by atoms with Crippen molar-refractivity contribution in [2.24, 2.45) is 11.8 Å². The average molecular weight is 715 g/mol. The van der Waals surface area contributed by atoms with E-state index < -0.39 is 59.6 Å². The highest BCUT2D eigenvalue weighted by molar-refractivity contribution is 6.05. The predicted octanol–water partition coefficient (Wildman–Crippen LogP) is 4.90. The van der Waals surface area contributed by atoms with E-state index in [1.54, 1.807) is 35.9 Å². The van der Waals surface area contributed by atoms with Crippen LogP contribution in [-0.4, -0.2) is 102 Å². The second kappa shape index (κ2) is 16.5. The number of carbonyl (C=O) groups excluding carboxylic acids is 4. The lowest BCUT2D eigenvalue weighted by molar-refractivity contribution is -0.165. The summed E-state index contributed by atoms with van der Waals surface area (Å²) in [6.07, 6.45) is 3.51. The lowest BCUT2D eigenvalue weighted by Gasteiger charge is -2.38. The molecule has 3 aliphatic rings. The van der Waals surface area contributed by atoms with E-state index in [1.165, 1.54) is 4.90 Å². The quantitative estimate of drug-likeness (QED) is 0.182. The standard InChI is InChI=1S/C41H54N4O7/c1-8-12-18-33(47)42(7)28(6)36(29-16-14-13-15-17-29)51-40(50)34-32-23-24-41(52-32)35(34)38(48)45(27(5)26-46)37(41)39(49)44(25-9-2)31-21-19-30(20-22-31)43(10-3)11-4/h8-9,13-17,19-22,27-28,32,34-37,46H,1-2,10-12,18,23-26H2,3-7H3/t27-,28+,32+,34-,35-,36-,37+,41-/m1/s1. The summed E-state index contributed by atoms with van der Waals surface area (Å²) >= 11 is 0. The average Bonchev–Trinajstić information content (AvgIpc) is 3.82. The Bertz CT molecular complexity index is 1610. The van der Waals surface area contributed by atoms with Crippen LogP contribution in [0.3, 0.4) is 0 Å². The first-order chi connectivity index (χ1) is 25.0. The molecule has 3 aliphatic heterocycles. The third-order valence-corrected chi connectivity index (χ3v) is 11.2. The summed E-state index contributed by atoms with van der Waals surface area (Å²) in [5.74, 6) is -3.47. The van der Waals surface area contributed by atoms with E-state index in [2.05, 4.69) is 31.9 Å². The maximum atomic E-state index is 14.9. The summed E-state index contributed by atoms with van der Waals surface area (Å²) in [6, 6.07) is 14.6. The van der Waals surface area contributed by atoms with Crippen LogP contribution in [0, 0.1) is 11.8 Å². The second-order valence-corrected chi connectivity index (χ2v) is 14.1. The molecule has 3 saturated heterocycles. The number of aliphatic hydroxyl groups excluding tert-OH is 1. The molecule has 2 aromatic carbocycles. The van der Waals surface area contributed by atoms with Crippen LogP contribution in [-0.2, 0) is 28.7 Å². The van der Waals surface area contributed by atoms with Gasteiger partial charge in [-0.15, -0.1) is 13.2 Å². The highest BCUT2D eigenvalue weighted by Gasteiger charge is 2.75. The zero-order valence-corrected chi connectivity index (χ0v) is 31.1. The Morgan fingerprint density at radius 1 is 1.04 bits per heavy atom. The van der Waals surface area contributed by atoms with Gasteiger partial charge in [0.2, 0.25) is 11.8 Å². The normalized spacial score (nSPS) is 24.8. The molecule has 0 aliphatic carbocycles. The molecule has 3 fully saturated rings. The Morgan fingerprint density at radius 3 is 2.29 bits per heavy atom. The monoisotopic (exact) mass is 714 g/mol. The SMILES string of the molecule is C=CCCC(=O)N(C)[C@@H](C)[C@@H](OC(=O)[C@@H]1[C@@H]2CC[C@]3(O2)[C@H](C(=O)N(CC=C)c2ccc(N(CC)CC)cc2)N([C@H](C)CO)C(=O)[C@@H]13)c1ccccc1. The lowest BCUT2D eigenvalue weighted by Crippen LogP contribution is -2.58. The van der Waals surface area contributed by atoms with Crippen molar-refractivity contribution in [1.29, 1.82) is 0 Å². The molecule has 5 rings (SSSR count). The van der Waals surface area contributed by atoms with Gasteiger partial charge in [0.15, 0.2) is 0 Å². The number of aliphatic hydroxyl groups is 1. The van der Waals surface area contributed by atoms with Crippen molar-refractivity contribution in [2.75, 3.05) is 43.1 Å². The van der Waals surface area contributed by atoms with E-state index in [4.69, 9.17) is 9.47 Å². The second-order valence-electron chi connectivity index (χ2n) is 14.1. The van der Waals surface area contributed by atoms with E-state index >= 15 is 0 Å². The molecule has 11 nitrogen and oxygen atoms in total. The first kappa shape index (κ1) is 38.7. The van der Waals surface area contributed by atoms with Crippen molar-refractivity contribution in [1.82, 2.24) is 9.80 Å². The number of likely N-dealkylation sites (tertiary alicyclic amines) is 1. The maximum Gasteiger partial charge on any atom is 0.313 e. The van der Waals surface area contributed by atoms with Crippen molar-refractivity contribution in [3.8, 4) is 0 Å². The first-order valence-electron chi connectivity index (χ1n) is 18.5. The molecule has 280 valence electrons. The molecule has 0 radical (unpaired) electrons. The first-order valence-corrected chi connectivity index (χ1v) is 18.5. The number of benzene rings is 2. The Morgan fingerprint density at radius 2 is 1.69 bits per heavy atom. The summed E-state index contributed by atoms with van der Waals surface area (Å²) < 4.78 is 13.0. The molecule has 1 N–H and O–H groups in total. The van der Waals surface area contributed by atoms with Gasteiger partial charge < -0.3 is 34.2 Å². The van der Waals surface area contributed by atoms with E-state index in [0.717, 1.165) is 18.8 Å². The van der Waals surface area contributed by atoms with Gasteiger partial charge in [-0.05, 0) is 76.8 Å². The number of hydrogen-bond donors (Lipinski definition) is 1. The molecule has 0 saturated carbocycles.